The van der Waals surface area contributed by atoms with Crippen LogP contribution in [0.1, 0.15) is 105 Å². The zero-order chi connectivity index (χ0) is 39.5. The predicted molar refractivity (Wildman–Crippen MR) is 211 cm³/mol. The van der Waals surface area contributed by atoms with E-state index in [2.05, 4.69) is 46.0 Å². The first kappa shape index (κ1) is 40.9. The molecule has 0 saturated heterocycles. The van der Waals surface area contributed by atoms with Crippen molar-refractivity contribution in [2.45, 2.75) is 117 Å². The third-order valence-electron chi connectivity index (χ3n) is 14.1. The monoisotopic (exact) mass is 762 g/mol. The molecule has 55 heavy (non-hydrogen) atoms. The molecule has 0 aliphatic heterocycles. The molecule has 1 aromatic carbocycles. The number of carbonyl (C=O) groups is 3. The van der Waals surface area contributed by atoms with Gasteiger partial charge in [0.2, 0.25) is 0 Å². The molecule has 9 atom stereocenters. The first-order valence-corrected chi connectivity index (χ1v) is 20.6. The Balaban J connectivity index is 1.11. The van der Waals surface area contributed by atoms with Crippen molar-refractivity contribution in [1.29, 1.82) is 0 Å². The lowest BCUT2D eigenvalue weighted by Crippen LogP contribution is -2.51. The van der Waals surface area contributed by atoms with Crippen LogP contribution in [0.3, 0.4) is 0 Å². The van der Waals surface area contributed by atoms with E-state index in [0.717, 1.165) is 49.4 Å². The van der Waals surface area contributed by atoms with Crippen molar-refractivity contribution in [2.24, 2.45) is 46.3 Å². The maximum Gasteiger partial charge on any atom is 0.412 e. The second-order valence-electron chi connectivity index (χ2n) is 18.1. The van der Waals surface area contributed by atoms with Crippen molar-refractivity contribution in [3.8, 4) is 0 Å². The molecule has 6 rings (SSSR count). The lowest BCUT2D eigenvalue weighted by atomic mass is 9.47. The van der Waals surface area contributed by atoms with Gasteiger partial charge in [0.05, 0.1) is 25.8 Å². The molecule has 3 N–H and O–H groups in total. The van der Waals surface area contributed by atoms with Gasteiger partial charge in [0.15, 0.2) is 0 Å². The largest absolute Gasteiger partial charge is 0.480 e. The number of nitrogens with one attached hydrogen (secondary N) is 1. The number of ether oxygens (including phenoxy) is 2. The van der Waals surface area contributed by atoms with Gasteiger partial charge in [-0.2, -0.15) is 0 Å². The SMILES string of the molecule is CC(C)CCC[C@@H](C)[C@H]1CCC2C3CC=C4C[C@@H](OCC(CN(CC(=O)O)CC(=O)O)OC(=O)Nc5cc6ccccc6oc5=O)CC[C@]4(C)C3CC[C@@]21C. The van der Waals surface area contributed by atoms with Gasteiger partial charge in [-0.05, 0) is 110 Å². The van der Waals surface area contributed by atoms with Gasteiger partial charge in [0.25, 0.3) is 0 Å². The van der Waals surface area contributed by atoms with Crippen LogP contribution in [-0.2, 0) is 19.1 Å². The minimum Gasteiger partial charge on any atom is -0.480 e. The van der Waals surface area contributed by atoms with Crippen molar-refractivity contribution in [3.63, 3.8) is 0 Å². The maximum absolute atomic E-state index is 13.2. The molecule has 2 aromatic rings. The highest BCUT2D eigenvalue weighted by Gasteiger charge is 2.59. The van der Waals surface area contributed by atoms with E-state index in [1.807, 2.05) is 0 Å². The summed E-state index contributed by atoms with van der Waals surface area (Å²) in [6.45, 7) is 10.9. The number of fused-ring (bicyclic) bond motifs is 6. The van der Waals surface area contributed by atoms with Gasteiger partial charge in [0, 0.05) is 11.9 Å². The van der Waals surface area contributed by atoms with Crippen LogP contribution in [0.2, 0.25) is 0 Å². The summed E-state index contributed by atoms with van der Waals surface area (Å²) in [7, 11) is 0. The molecule has 3 fully saturated rings. The molecule has 302 valence electrons. The molecule has 0 radical (unpaired) electrons. The number of rotatable bonds is 16. The van der Waals surface area contributed by atoms with Crippen LogP contribution in [0.15, 0.2) is 51.2 Å². The fourth-order valence-electron chi connectivity index (χ4n) is 11.5. The molecule has 4 unspecified atom stereocenters. The third-order valence-corrected chi connectivity index (χ3v) is 14.1. The van der Waals surface area contributed by atoms with E-state index in [9.17, 15) is 29.4 Å². The van der Waals surface area contributed by atoms with E-state index in [1.54, 1.807) is 24.3 Å². The lowest BCUT2D eigenvalue weighted by molar-refractivity contribution is -0.142. The van der Waals surface area contributed by atoms with Gasteiger partial charge in [-0.1, -0.05) is 83.7 Å². The van der Waals surface area contributed by atoms with E-state index >= 15 is 0 Å². The molecule has 11 nitrogen and oxygen atoms in total. The number of para-hydroxylation sites is 1. The third kappa shape index (κ3) is 9.30. The van der Waals surface area contributed by atoms with Crippen molar-refractivity contribution >= 4 is 34.7 Å². The van der Waals surface area contributed by atoms with E-state index in [0.29, 0.717) is 28.2 Å². The van der Waals surface area contributed by atoms with Gasteiger partial charge in [-0.15, -0.1) is 0 Å². The number of carboxylic acids is 2. The molecule has 1 heterocycles. The first-order chi connectivity index (χ1) is 26.2. The number of allylic oxidation sites excluding steroid dienone is 1. The number of hydrogen-bond acceptors (Lipinski definition) is 8. The fraction of sp³-hybridized carbons (Fsp3) is 0.682. The molecule has 0 spiro atoms. The number of amides is 1. The zero-order valence-corrected chi connectivity index (χ0v) is 33.4. The summed E-state index contributed by atoms with van der Waals surface area (Å²) in [5.74, 6) is 2.10. The number of nitrogens with zero attached hydrogens (tertiary/aromatic N) is 1. The molecule has 4 aliphatic carbocycles. The summed E-state index contributed by atoms with van der Waals surface area (Å²) in [5, 5.41) is 22.0. The van der Waals surface area contributed by atoms with E-state index in [4.69, 9.17) is 13.9 Å². The predicted octanol–water partition coefficient (Wildman–Crippen LogP) is 8.61. The second-order valence-corrected chi connectivity index (χ2v) is 18.1. The average Bonchev–Trinajstić information content (AvgIpc) is 3.47. The molecular weight excluding hydrogens is 700 g/mol. The summed E-state index contributed by atoms with van der Waals surface area (Å²) in [5.41, 5.74) is 1.52. The van der Waals surface area contributed by atoms with Crippen LogP contribution in [0.25, 0.3) is 11.0 Å². The van der Waals surface area contributed by atoms with Crippen LogP contribution < -0.4 is 10.9 Å². The summed E-state index contributed by atoms with van der Waals surface area (Å²) >= 11 is 0. The maximum atomic E-state index is 13.2. The summed E-state index contributed by atoms with van der Waals surface area (Å²) < 4.78 is 17.5. The van der Waals surface area contributed by atoms with Crippen molar-refractivity contribution in [1.82, 2.24) is 4.90 Å². The number of hydrogen-bond donors (Lipinski definition) is 3. The van der Waals surface area contributed by atoms with Gasteiger partial charge in [0.1, 0.15) is 17.4 Å². The molecule has 3 saturated carbocycles. The Labute approximate surface area is 325 Å². The highest BCUT2D eigenvalue weighted by Crippen LogP contribution is 2.67. The van der Waals surface area contributed by atoms with E-state index in [1.165, 1.54) is 61.5 Å². The Bertz CT molecular complexity index is 1770. The number of anilines is 1. The number of benzene rings is 1. The number of carbonyl (C=O) groups excluding carboxylic acids is 1. The van der Waals surface area contributed by atoms with Gasteiger partial charge in [-0.3, -0.25) is 19.8 Å². The smallest absolute Gasteiger partial charge is 0.412 e. The minimum absolute atomic E-state index is 0.0621. The summed E-state index contributed by atoms with van der Waals surface area (Å²) in [6.07, 6.45) is 13.5. The van der Waals surface area contributed by atoms with Crippen LogP contribution in [0, 0.1) is 46.3 Å². The Morgan fingerprint density at radius 3 is 2.45 bits per heavy atom. The average molecular weight is 763 g/mol. The van der Waals surface area contributed by atoms with Crippen LogP contribution in [0.5, 0.6) is 0 Å². The minimum atomic E-state index is -1.21. The Morgan fingerprint density at radius 1 is 0.982 bits per heavy atom. The molecule has 0 bridgehead atoms. The summed E-state index contributed by atoms with van der Waals surface area (Å²) in [4.78, 5) is 50.1. The van der Waals surface area contributed by atoms with E-state index < -0.39 is 42.9 Å². The number of carboxylic acid groups (broad SMARTS) is 2. The highest BCUT2D eigenvalue weighted by molar-refractivity contribution is 5.88. The first-order valence-electron chi connectivity index (χ1n) is 20.6. The van der Waals surface area contributed by atoms with Crippen molar-refractivity contribution in [2.75, 3.05) is 31.6 Å². The Hall–Kier alpha value is -3.70. The standard InChI is InChI=1S/C44H62N2O9/c1-27(2)9-8-10-28(3)34-15-16-35-33-14-13-30-22-31(17-19-43(30,4)36(33)18-20-44(34,35)5)53-26-32(23-46(24-39(47)48)25-40(49)50)54-42(52)45-37-21-29-11-6-7-12-38(29)55-41(37)51/h6-7,11-13,21,27-28,31-36H,8-10,14-20,22-26H2,1-5H3,(H,45,52)(H,47,48)(H,49,50)/t28-,31+,32?,33?,34-,35?,36?,43+,44-/m1/s1. The lowest BCUT2D eigenvalue weighted by Gasteiger charge is -2.58. The Kier molecular flexibility index (Phi) is 12.8. The fourth-order valence-corrected chi connectivity index (χ4v) is 11.5. The van der Waals surface area contributed by atoms with Gasteiger partial charge >= 0.3 is 23.7 Å². The molecule has 1 aromatic heterocycles. The van der Waals surface area contributed by atoms with E-state index in [-0.39, 0.29) is 30.4 Å². The quantitative estimate of drug-likeness (QED) is 0.112. The van der Waals surface area contributed by atoms with Gasteiger partial charge in [-0.25, -0.2) is 9.59 Å². The highest BCUT2D eigenvalue weighted by atomic mass is 16.6. The van der Waals surface area contributed by atoms with Crippen LogP contribution in [-0.4, -0.2) is 71.6 Å². The molecule has 4 aliphatic rings. The normalized spacial score (nSPS) is 29.9. The Morgan fingerprint density at radius 2 is 1.73 bits per heavy atom. The van der Waals surface area contributed by atoms with Crippen molar-refractivity contribution < 1.29 is 38.5 Å². The molecule has 1 amide bonds. The topological polar surface area (TPSA) is 156 Å². The van der Waals surface area contributed by atoms with Gasteiger partial charge < -0.3 is 24.1 Å². The molecule has 11 heteroatoms. The van der Waals surface area contributed by atoms with Crippen LogP contribution >= 0.6 is 0 Å². The second kappa shape index (κ2) is 17.2. The molecular formula is C44H62N2O9. The van der Waals surface area contributed by atoms with Crippen LogP contribution in [0.4, 0.5) is 10.5 Å². The number of aliphatic carboxylic acids is 2. The van der Waals surface area contributed by atoms with Crippen molar-refractivity contribution in [3.05, 3.63) is 52.4 Å². The zero-order valence-electron chi connectivity index (χ0n) is 33.4. The summed E-state index contributed by atoms with van der Waals surface area (Å²) in [6, 6.07) is 8.39.